The number of hydrogen-bond donors (Lipinski definition) is 0. The molecule has 0 N–H and O–H groups in total. The molecule has 6 heteroatoms. The number of hydrogen-bond acceptors (Lipinski definition) is 4. The molecule has 34 heavy (non-hydrogen) atoms. The number of aromatic nitrogens is 2. The molecule has 5 aromatic rings. The van der Waals surface area contributed by atoms with E-state index in [9.17, 15) is 0 Å². The monoisotopic (exact) mass is 466 g/mol. The zero-order valence-electron chi connectivity index (χ0n) is 19.7. The lowest BCUT2D eigenvalue weighted by Gasteiger charge is -2.16. The first-order valence-electron chi connectivity index (χ1n) is 11.6. The first-order chi connectivity index (χ1) is 16.7. The summed E-state index contributed by atoms with van der Waals surface area (Å²) < 4.78 is 4.34. The quantitative estimate of drug-likeness (QED) is 0.181. The molecule has 0 atom stereocenters. The van der Waals surface area contributed by atoms with Gasteiger partial charge in [0.2, 0.25) is 0 Å². The Morgan fingerprint density at radius 3 is 2.18 bits per heavy atom. The highest BCUT2D eigenvalue weighted by molar-refractivity contribution is 7.18. The lowest BCUT2D eigenvalue weighted by atomic mass is 10.1. The molecule has 0 saturated heterocycles. The van der Waals surface area contributed by atoms with E-state index in [1.165, 1.54) is 5.00 Å². The molecular weight excluding hydrogens is 438 g/mol. The molecule has 0 saturated carbocycles. The topological polar surface area (TPSA) is 36.8 Å². The van der Waals surface area contributed by atoms with Gasteiger partial charge in [-0.1, -0.05) is 66.7 Å². The van der Waals surface area contributed by atoms with Gasteiger partial charge in [-0.15, -0.1) is 0 Å². The van der Waals surface area contributed by atoms with Crippen LogP contribution in [-0.4, -0.2) is 17.7 Å². The Morgan fingerprint density at radius 1 is 0.824 bits per heavy atom. The second kappa shape index (κ2) is 9.61. The third-order valence-electron chi connectivity index (χ3n) is 6.02. The maximum absolute atomic E-state index is 4.89. The minimum absolute atomic E-state index is 0.873. The Hall–Kier alpha value is -3.77. The van der Waals surface area contributed by atoms with Crippen LogP contribution in [0.3, 0.4) is 0 Å². The lowest BCUT2D eigenvalue weighted by Crippen LogP contribution is -2.26. The first kappa shape index (κ1) is 22.0. The van der Waals surface area contributed by atoms with Crippen molar-refractivity contribution in [2.75, 3.05) is 18.0 Å². The number of fused-ring (bicyclic) bond motifs is 1. The van der Waals surface area contributed by atoms with E-state index >= 15 is 0 Å². The van der Waals surface area contributed by atoms with Gasteiger partial charge in [0.05, 0.1) is 23.4 Å². The van der Waals surface area contributed by atoms with Gasteiger partial charge in [-0.2, -0.15) is 0 Å². The van der Waals surface area contributed by atoms with Crippen LogP contribution in [0, 0.1) is 0 Å². The normalized spacial score (nSPS) is 11.5. The Bertz CT molecular complexity index is 1430. The van der Waals surface area contributed by atoms with Crippen molar-refractivity contribution in [3.8, 4) is 16.9 Å². The number of anilines is 1. The van der Waals surface area contributed by atoms with E-state index < -0.39 is 0 Å². The van der Waals surface area contributed by atoms with Gasteiger partial charge in [-0.25, -0.2) is 4.57 Å². The number of nitrogens with zero attached hydrogens (tertiary/aromatic N) is 5. The second-order valence-corrected chi connectivity index (χ2v) is 9.07. The zero-order chi connectivity index (χ0) is 23.5. The third kappa shape index (κ3) is 4.01. The summed E-state index contributed by atoms with van der Waals surface area (Å²) in [6.07, 6.45) is 2.14. The van der Waals surface area contributed by atoms with Crippen LogP contribution in [0.1, 0.15) is 13.8 Å². The molecular formula is C28H28N5S+. The number of rotatable bonds is 7. The molecule has 2 aromatic heterocycles. The van der Waals surface area contributed by atoms with Gasteiger partial charge in [0, 0.05) is 29.7 Å². The highest BCUT2D eigenvalue weighted by atomic mass is 32.1. The van der Waals surface area contributed by atoms with Crippen molar-refractivity contribution in [3.05, 3.63) is 91.1 Å². The van der Waals surface area contributed by atoms with E-state index in [-0.39, 0.29) is 0 Å². The summed E-state index contributed by atoms with van der Waals surface area (Å²) in [6, 6.07) is 29.3. The van der Waals surface area contributed by atoms with Crippen LogP contribution < -0.4 is 9.47 Å². The van der Waals surface area contributed by atoms with Crippen molar-refractivity contribution in [2.45, 2.75) is 13.8 Å². The highest BCUT2D eigenvalue weighted by Gasteiger charge is 2.22. The molecule has 0 aliphatic heterocycles. The molecule has 0 aliphatic carbocycles. The SMILES string of the molecule is CCN(CC)c1c[n+](C)c(N=Nc2c(-c3ccccc3)n(-c3ccccc3)c3ccccc23)s1. The molecule has 0 amide bonds. The van der Waals surface area contributed by atoms with Crippen LogP contribution in [0.4, 0.5) is 15.8 Å². The van der Waals surface area contributed by atoms with E-state index in [4.69, 9.17) is 10.2 Å². The molecule has 2 heterocycles. The average Bonchev–Trinajstić information content (AvgIpc) is 3.42. The van der Waals surface area contributed by atoms with Crippen LogP contribution in [0.25, 0.3) is 27.8 Å². The van der Waals surface area contributed by atoms with Crippen LogP contribution in [-0.2, 0) is 7.05 Å². The Labute approximate surface area is 204 Å². The molecule has 5 rings (SSSR count). The van der Waals surface area contributed by atoms with E-state index in [2.05, 4.69) is 107 Å². The summed E-state index contributed by atoms with van der Waals surface area (Å²) in [5, 5.41) is 12.8. The summed E-state index contributed by atoms with van der Waals surface area (Å²) >= 11 is 1.67. The van der Waals surface area contributed by atoms with E-state index in [0.717, 1.165) is 51.8 Å². The third-order valence-corrected chi connectivity index (χ3v) is 7.15. The van der Waals surface area contributed by atoms with Crippen molar-refractivity contribution in [1.82, 2.24) is 4.57 Å². The summed E-state index contributed by atoms with van der Waals surface area (Å²) in [5.74, 6) is 0. The van der Waals surface area contributed by atoms with Crippen LogP contribution in [0.15, 0.2) is 101 Å². The first-order valence-corrected chi connectivity index (χ1v) is 12.4. The van der Waals surface area contributed by atoms with Crippen molar-refractivity contribution >= 4 is 38.1 Å². The number of azo groups is 1. The molecule has 0 bridgehead atoms. The van der Waals surface area contributed by atoms with Crippen molar-refractivity contribution in [3.63, 3.8) is 0 Å². The fraction of sp³-hybridized carbons (Fsp3) is 0.179. The number of benzene rings is 3. The summed E-state index contributed by atoms with van der Waals surface area (Å²) in [5.41, 5.74) is 5.24. The second-order valence-electron chi connectivity index (χ2n) is 8.09. The molecule has 0 unspecified atom stereocenters. The standard InChI is InChI=1S/C28H28N5S/c1-4-32(5-2)25-20-31(3)28(34-25)30-29-26-23-18-12-13-19-24(23)33(22-16-10-7-11-17-22)27(26)21-14-8-6-9-15-21/h6-20H,4-5H2,1-3H3/q+1. The predicted molar refractivity (Wildman–Crippen MR) is 142 cm³/mol. The van der Waals surface area contributed by atoms with Crippen molar-refractivity contribution in [1.29, 1.82) is 0 Å². The maximum atomic E-state index is 4.89. The number of aryl methyl sites for hydroxylation is 1. The van der Waals surface area contributed by atoms with Gasteiger partial charge in [-0.3, -0.25) is 0 Å². The van der Waals surface area contributed by atoms with E-state index in [1.807, 2.05) is 19.2 Å². The number of para-hydroxylation sites is 2. The van der Waals surface area contributed by atoms with Crippen LogP contribution in [0.2, 0.25) is 0 Å². The Kier molecular flexibility index (Phi) is 6.23. The van der Waals surface area contributed by atoms with Crippen LogP contribution in [0.5, 0.6) is 0 Å². The average molecular weight is 467 g/mol. The summed E-state index contributed by atoms with van der Waals surface area (Å²) in [6.45, 7) is 6.29. The van der Waals surface area contributed by atoms with Gasteiger partial charge in [0.1, 0.15) is 16.9 Å². The fourth-order valence-corrected chi connectivity index (χ4v) is 5.37. The Morgan fingerprint density at radius 2 is 1.47 bits per heavy atom. The highest BCUT2D eigenvalue weighted by Crippen LogP contribution is 2.43. The molecule has 0 fully saturated rings. The molecule has 0 aliphatic rings. The number of thiazole rings is 1. The minimum Gasteiger partial charge on any atom is -0.361 e. The van der Waals surface area contributed by atoms with E-state index in [1.54, 1.807) is 11.3 Å². The lowest BCUT2D eigenvalue weighted by molar-refractivity contribution is -0.653. The minimum atomic E-state index is 0.873. The predicted octanol–water partition coefficient (Wildman–Crippen LogP) is 7.45. The van der Waals surface area contributed by atoms with Crippen molar-refractivity contribution < 1.29 is 4.57 Å². The van der Waals surface area contributed by atoms with Gasteiger partial charge in [-0.05, 0) is 48.5 Å². The van der Waals surface area contributed by atoms with Gasteiger partial charge in [0.15, 0.2) is 0 Å². The van der Waals surface area contributed by atoms with Gasteiger partial charge < -0.3 is 9.47 Å². The molecule has 0 radical (unpaired) electrons. The van der Waals surface area contributed by atoms with Crippen molar-refractivity contribution in [2.24, 2.45) is 17.3 Å². The van der Waals surface area contributed by atoms with Gasteiger partial charge in [0.25, 0.3) is 0 Å². The smallest absolute Gasteiger partial charge is 0.361 e. The molecule has 0 spiro atoms. The largest absolute Gasteiger partial charge is 0.410 e. The summed E-state index contributed by atoms with van der Waals surface area (Å²) in [7, 11) is 2.03. The molecule has 5 nitrogen and oxygen atoms in total. The molecule has 3 aromatic carbocycles. The van der Waals surface area contributed by atoms with E-state index in [0.29, 0.717) is 0 Å². The molecule has 170 valence electrons. The fourth-order valence-electron chi connectivity index (χ4n) is 4.31. The van der Waals surface area contributed by atoms with Gasteiger partial charge >= 0.3 is 5.13 Å². The zero-order valence-corrected chi connectivity index (χ0v) is 20.5. The Balaban J connectivity index is 1.72. The summed E-state index contributed by atoms with van der Waals surface area (Å²) in [4.78, 5) is 2.33. The maximum Gasteiger partial charge on any atom is 0.410 e. The van der Waals surface area contributed by atoms with Crippen LogP contribution >= 0.6 is 11.3 Å².